The van der Waals surface area contributed by atoms with Gasteiger partial charge in [-0.15, -0.1) is 10.2 Å². The molecule has 1 aromatic heterocycles. The van der Waals surface area contributed by atoms with E-state index in [9.17, 15) is 18.0 Å². The summed E-state index contributed by atoms with van der Waals surface area (Å²) >= 11 is 5.54. The molecule has 2 atom stereocenters. The molecule has 0 radical (unpaired) electrons. The van der Waals surface area contributed by atoms with Gasteiger partial charge >= 0.3 is 6.18 Å². The summed E-state index contributed by atoms with van der Waals surface area (Å²) in [5.41, 5.74) is 0. The van der Waals surface area contributed by atoms with Crippen LogP contribution in [0.3, 0.4) is 0 Å². The van der Waals surface area contributed by atoms with Crippen LogP contribution in [0.25, 0.3) is 0 Å². The summed E-state index contributed by atoms with van der Waals surface area (Å²) < 4.78 is 38.8. The van der Waals surface area contributed by atoms with E-state index in [1.54, 1.807) is 0 Å². The number of hydrogen-bond donors (Lipinski definition) is 1. The van der Waals surface area contributed by atoms with E-state index in [-0.39, 0.29) is 23.8 Å². The lowest BCUT2D eigenvalue weighted by Crippen LogP contribution is -2.39. The molecule has 1 aromatic rings. The molecule has 20 heavy (non-hydrogen) atoms. The van der Waals surface area contributed by atoms with E-state index in [0.29, 0.717) is 12.8 Å². The first kappa shape index (κ1) is 15.0. The second-order valence-electron chi connectivity index (χ2n) is 4.77. The van der Waals surface area contributed by atoms with Crippen LogP contribution in [0.2, 0.25) is 5.15 Å². The lowest BCUT2D eigenvalue weighted by molar-refractivity contribution is -0.197. The molecule has 1 aliphatic carbocycles. The molecular weight excluding hydrogens is 295 g/mol. The van der Waals surface area contributed by atoms with E-state index in [4.69, 9.17) is 11.6 Å². The number of aromatic nitrogens is 2. The van der Waals surface area contributed by atoms with Crippen LogP contribution in [0, 0.1) is 11.8 Å². The fraction of sp³-hybridized carbons (Fsp3) is 0.583. The molecule has 0 aliphatic heterocycles. The predicted molar refractivity (Wildman–Crippen MR) is 67.2 cm³/mol. The lowest BCUT2D eigenvalue weighted by atomic mass is 9.78. The molecule has 1 fully saturated rings. The molecule has 8 heteroatoms. The second-order valence-corrected chi connectivity index (χ2v) is 5.16. The zero-order valence-electron chi connectivity index (χ0n) is 10.5. The SMILES string of the molecule is O=C(Nc1ccc(Cl)nn1)C1CCCCC1C(F)(F)F. The number of carbonyl (C=O) groups is 1. The third kappa shape index (κ3) is 3.59. The van der Waals surface area contributed by atoms with E-state index in [1.807, 2.05) is 0 Å². The number of halogens is 4. The first-order valence-corrected chi connectivity index (χ1v) is 6.62. The number of carbonyl (C=O) groups excluding carboxylic acids is 1. The van der Waals surface area contributed by atoms with Crippen LogP contribution in [0.1, 0.15) is 25.7 Å². The summed E-state index contributed by atoms with van der Waals surface area (Å²) in [7, 11) is 0. The van der Waals surface area contributed by atoms with Crippen molar-refractivity contribution in [2.24, 2.45) is 11.8 Å². The summed E-state index contributed by atoms with van der Waals surface area (Å²) in [6.07, 6.45) is -3.01. The van der Waals surface area contributed by atoms with Crippen molar-refractivity contribution < 1.29 is 18.0 Å². The molecule has 2 unspecified atom stereocenters. The van der Waals surface area contributed by atoms with Crippen molar-refractivity contribution >= 4 is 23.3 Å². The number of nitrogens with one attached hydrogen (secondary N) is 1. The number of amides is 1. The highest BCUT2D eigenvalue weighted by molar-refractivity contribution is 6.29. The molecule has 4 nitrogen and oxygen atoms in total. The largest absolute Gasteiger partial charge is 0.392 e. The Kier molecular flexibility index (Phi) is 4.47. The van der Waals surface area contributed by atoms with Gasteiger partial charge in [0, 0.05) is 5.92 Å². The minimum absolute atomic E-state index is 0.00607. The van der Waals surface area contributed by atoms with Gasteiger partial charge in [0.15, 0.2) is 11.0 Å². The average Bonchev–Trinajstić information content (AvgIpc) is 2.40. The zero-order chi connectivity index (χ0) is 14.8. The van der Waals surface area contributed by atoms with Crippen molar-refractivity contribution in [2.75, 3.05) is 5.32 Å². The Morgan fingerprint density at radius 3 is 2.55 bits per heavy atom. The highest BCUT2D eigenvalue weighted by atomic mass is 35.5. The maximum Gasteiger partial charge on any atom is 0.392 e. The number of rotatable bonds is 2. The van der Waals surface area contributed by atoms with Crippen LogP contribution < -0.4 is 5.32 Å². The van der Waals surface area contributed by atoms with Crippen LogP contribution in [0.15, 0.2) is 12.1 Å². The van der Waals surface area contributed by atoms with Gasteiger partial charge in [0.05, 0.1) is 5.92 Å². The van der Waals surface area contributed by atoms with Gasteiger partial charge in [0.25, 0.3) is 0 Å². The van der Waals surface area contributed by atoms with E-state index in [0.717, 1.165) is 0 Å². The van der Waals surface area contributed by atoms with Crippen molar-refractivity contribution in [2.45, 2.75) is 31.9 Å². The van der Waals surface area contributed by atoms with Crippen LogP contribution >= 0.6 is 11.6 Å². The first-order chi connectivity index (χ1) is 9.38. The van der Waals surface area contributed by atoms with Crippen molar-refractivity contribution in [3.63, 3.8) is 0 Å². The van der Waals surface area contributed by atoms with Crippen molar-refractivity contribution in [3.8, 4) is 0 Å². The molecular formula is C12H13ClF3N3O. The summed E-state index contributed by atoms with van der Waals surface area (Å²) in [5.74, 6) is -3.22. The lowest BCUT2D eigenvalue weighted by Gasteiger charge is -2.31. The number of hydrogen-bond acceptors (Lipinski definition) is 3. The Hall–Kier alpha value is -1.37. The molecule has 1 heterocycles. The van der Waals surface area contributed by atoms with Gasteiger partial charge in [-0.1, -0.05) is 24.4 Å². The van der Waals surface area contributed by atoms with E-state index >= 15 is 0 Å². The standard InChI is InChI=1S/C12H13ClF3N3O/c13-9-5-6-10(19-18-9)17-11(20)7-3-1-2-4-8(7)12(14,15)16/h5-8H,1-4H2,(H,17,19,20). The Bertz CT molecular complexity index is 478. The molecule has 0 aromatic carbocycles. The summed E-state index contributed by atoms with van der Waals surface area (Å²) in [4.78, 5) is 12.0. The molecule has 2 rings (SSSR count). The van der Waals surface area contributed by atoms with Gasteiger partial charge in [-0.05, 0) is 25.0 Å². The van der Waals surface area contributed by atoms with Gasteiger partial charge in [-0.3, -0.25) is 4.79 Å². The van der Waals surface area contributed by atoms with Crippen LogP contribution in [-0.4, -0.2) is 22.3 Å². The van der Waals surface area contributed by atoms with Crippen molar-refractivity contribution in [3.05, 3.63) is 17.3 Å². The monoisotopic (exact) mass is 307 g/mol. The summed E-state index contributed by atoms with van der Waals surface area (Å²) in [5, 5.41) is 9.65. The maximum atomic E-state index is 12.9. The zero-order valence-corrected chi connectivity index (χ0v) is 11.2. The van der Waals surface area contributed by atoms with E-state index < -0.39 is 23.9 Å². The van der Waals surface area contributed by atoms with Crippen LogP contribution in [0.5, 0.6) is 0 Å². The fourth-order valence-corrected chi connectivity index (χ4v) is 2.54. The van der Waals surface area contributed by atoms with Gasteiger partial charge < -0.3 is 5.32 Å². The van der Waals surface area contributed by atoms with Crippen molar-refractivity contribution in [1.82, 2.24) is 10.2 Å². The average molecular weight is 308 g/mol. The van der Waals surface area contributed by atoms with E-state index in [1.165, 1.54) is 12.1 Å². The second kappa shape index (κ2) is 5.95. The number of nitrogens with zero attached hydrogens (tertiary/aromatic N) is 2. The van der Waals surface area contributed by atoms with E-state index in [2.05, 4.69) is 15.5 Å². The quantitative estimate of drug-likeness (QED) is 0.910. The van der Waals surface area contributed by atoms with Gasteiger partial charge in [-0.2, -0.15) is 13.2 Å². The number of anilines is 1. The topological polar surface area (TPSA) is 54.9 Å². The maximum absolute atomic E-state index is 12.9. The minimum Gasteiger partial charge on any atom is -0.309 e. The first-order valence-electron chi connectivity index (χ1n) is 6.25. The highest BCUT2D eigenvalue weighted by Gasteiger charge is 2.48. The van der Waals surface area contributed by atoms with Crippen molar-refractivity contribution in [1.29, 1.82) is 0 Å². The molecule has 1 saturated carbocycles. The molecule has 0 spiro atoms. The normalized spacial score (nSPS) is 23.4. The molecule has 0 saturated heterocycles. The number of alkyl halides is 3. The van der Waals surface area contributed by atoms with Gasteiger partial charge in [-0.25, -0.2) is 0 Å². The summed E-state index contributed by atoms with van der Waals surface area (Å²) in [6, 6.07) is 2.81. The highest BCUT2D eigenvalue weighted by Crippen LogP contribution is 2.41. The predicted octanol–water partition coefficient (Wildman–Crippen LogP) is 3.44. The molecule has 1 N–H and O–H groups in total. The van der Waals surface area contributed by atoms with Crippen LogP contribution in [-0.2, 0) is 4.79 Å². The fourth-order valence-electron chi connectivity index (χ4n) is 2.44. The Morgan fingerprint density at radius 2 is 1.95 bits per heavy atom. The molecule has 1 aliphatic rings. The smallest absolute Gasteiger partial charge is 0.309 e. The third-order valence-electron chi connectivity index (χ3n) is 3.41. The summed E-state index contributed by atoms with van der Waals surface area (Å²) in [6.45, 7) is 0. The van der Waals surface area contributed by atoms with Gasteiger partial charge in [0.2, 0.25) is 5.91 Å². The van der Waals surface area contributed by atoms with Crippen LogP contribution in [0.4, 0.5) is 19.0 Å². The molecule has 110 valence electrons. The molecule has 0 bridgehead atoms. The third-order valence-corrected chi connectivity index (χ3v) is 3.61. The van der Waals surface area contributed by atoms with Gasteiger partial charge in [0.1, 0.15) is 0 Å². The Labute approximate surface area is 118 Å². The minimum atomic E-state index is -4.35. The molecule has 1 amide bonds. The Balaban J connectivity index is 2.08. The Morgan fingerprint density at radius 1 is 1.25 bits per heavy atom.